The maximum absolute atomic E-state index is 6.26. The number of aryl methyl sites for hydroxylation is 1. The van der Waals surface area contributed by atoms with Crippen LogP contribution < -0.4 is 5.32 Å². The average Bonchev–Trinajstić information content (AvgIpc) is 3.41. The van der Waals surface area contributed by atoms with Crippen molar-refractivity contribution in [2.45, 2.75) is 44.1 Å². The number of benzene rings is 1. The normalized spacial score (nSPS) is 20.0. The van der Waals surface area contributed by atoms with Crippen molar-refractivity contribution in [3.63, 3.8) is 0 Å². The number of rotatable bonds is 9. The van der Waals surface area contributed by atoms with Gasteiger partial charge in [0.1, 0.15) is 0 Å². The molecule has 2 fully saturated rings. The zero-order chi connectivity index (χ0) is 20.8. The number of hydrogen-bond acceptors (Lipinski definition) is 7. The molecule has 4 rings (SSSR count). The molecule has 30 heavy (non-hydrogen) atoms. The molecule has 0 spiro atoms. The molecule has 2 aromatic rings. The van der Waals surface area contributed by atoms with Gasteiger partial charge in [-0.1, -0.05) is 29.4 Å². The molecule has 0 radical (unpaired) electrons. The van der Waals surface area contributed by atoms with E-state index in [4.69, 9.17) is 21.1 Å². The number of anilines is 1. The van der Waals surface area contributed by atoms with Crippen LogP contribution in [0.4, 0.5) is 5.69 Å². The molecule has 0 bridgehead atoms. The molecule has 1 N–H and O–H groups in total. The highest BCUT2D eigenvalue weighted by atomic mass is 35.5. The molecule has 0 aliphatic carbocycles. The van der Waals surface area contributed by atoms with Crippen molar-refractivity contribution in [3.8, 4) is 0 Å². The lowest BCUT2D eigenvalue weighted by Crippen LogP contribution is -2.37. The summed E-state index contributed by atoms with van der Waals surface area (Å²) in [6.45, 7) is 8.98. The Labute approximate surface area is 187 Å². The first-order chi connectivity index (χ1) is 14.7. The predicted octanol–water partition coefficient (Wildman–Crippen LogP) is 3.46. The van der Waals surface area contributed by atoms with E-state index in [9.17, 15) is 0 Å². The maximum atomic E-state index is 6.26. The molecule has 7 nitrogen and oxygen atoms in total. The highest BCUT2D eigenvalue weighted by Gasteiger charge is 2.21. The summed E-state index contributed by atoms with van der Waals surface area (Å²) < 4.78 is 13.5. The molecule has 1 aromatic carbocycles. The number of hydrogen-bond donors (Lipinski definition) is 1. The summed E-state index contributed by atoms with van der Waals surface area (Å²) in [4.78, 5) is 2.45. The van der Waals surface area contributed by atoms with Crippen LogP contribution in [-0.4, -0.2) is 71.0 Å². The van der Waals surface area contributed by atoms with E-state index in [1.807, 2.05) is 25.1 Å². The summed E-state index contributed by atoms with van der Waals surface area (Å²) in [5.74, 6) is 1.92. The van der Waals surface area contributed by atoms with Crippen LogP contribution in [0.15, 0.2) is 23.4 Å². The Hall–Kier alpha value is -1.32. The molecule has 0 amide bonds. The molecule has 2 aliphatic rings. The summed E-state index contributed by atoms with van der Waals surface area (Å²) in [6.07, 6.45) is 2.46. The van der Waals surface area contributed by atoms with Gasteiger partial charge >= 0.3 is 0 Å². The minimum Gasteiger partial charge on any atom is -0.379 e. The second-order valence-electron chi connectivity index (χ2n) is 7.76. The lowest BCUT2D eigenvalue weighted by Gasteiger charge is -2.26. The van der Waals surface area contributed by atoms with Crippen LogP contribution in [-0.2, 0) is 22.6 Å². The van der Waals surface area contributed by atoms with E-state index in [-0.39, 0.29) is 6.10 Å². The van der Waals surface area contributed by atoms with Gasteiger partial charge < -0.3 is 19.4 Å². The maximum Gasteiger partial charge on any atom is 0.191 e. The highest BCUT2D eigenvalue weighted by molar-refractivity contribution is 7.99. The predicted molar refractivity (Wildman–Crippen MR) is 120 cm³/mol. The minimum absolute atomic E-state index is 0.243. The number of thioether (sulfide) groups is 1. The van der Waals surface area contributed by atoms with Gasteiger partial charge in [-0.3, -0.25) is 4.90 Å². The molecule has 1 aromatic heterocycles. The number of morpholine rings is 1. The van der Waals surface area contributed by atoms with Gasteiger partial charge in [0, 0.05) is 42.7 Å². The van der Waals surface area contributed by atoms with Crippen molar-refractivity contribution >= 4 is 29.1 Å². The van der Waals surface area contributed by atoms with Crippen LogP contribution in [0.1, 0.15) is 24.2 Å². The van der Waals surface area contributed by atoms with Gasteiger partial charge in [0.05, 0.1) is 32.4 Å². The Morgan fingerprint density at radius 2 is 2.10 bits per heavy atom. The number of halogens is 1. The number of nitrogens with zero attached hydrogens (tertiary/aromatic N) is 4. The second-order valence-corrected chi connectivity index (χ2v) is 9.23. The van der Waals surface area contributed by atoms with Gasteiger partial charge in [0.2, 0.25) is 0 Å². The molecule has 9 heteroatoms. The van der Waals surface area contributed by atoms with E-state index in [0.29, 0.717) is 6.54 Å². The third-order valence-corrected chi connectivity index (χ3v) is 6.92. The first-order valence-corrected chi connectivity index (χ1v) is 12.0. The van der Waals surface area contributed by atoms with Gasteiger partial charge in [-0.25, -0.2) is 0 Å². The average molecular weight is 452 g/mol. The van der Waals surface area contributed by atoms with Crippen molar-refractivity contribution < 1.29 is 9.47 Å². The Morgan fingerprint density at radius 3 is 2.87 bits per heavy atom. The fourth-order valence-corrected chi connectivity index (χ4v) is 4.85. The van der Waals surface area contributed by atoms with E-state index >= 15 is 0 Å². The van der Waals surface area contributed by atoms with Crippen LogP contribution in [0.5, 0.6) is 0 Å². The van der Waals surface area contributed by atoms with Gasteiger partial charge in [0.15, 0.2) is 11.0 Å². The molecule has 1 atom stereocenters. The van der Waals surface area contributed by atoms with Crippen LogP contribution in [0.25, 0.3) is 0 Å². The minimum atomic E-state index is 0.243. The Balaban J connectivity index is 1.40. The second kappa shape index (κ2) is 10.8. The van der Waals surface area contributed by atoms with E-state index < -0.39 is 0 Å². The highest BCUT2D eigenvalue weighted by Crippen LogP contribution is 2.23. The van der Waals surface area contributed by atoms with Gasteiger partial charge in [-0.2, -0.15) is 0 Å². The molecular weight excluding hydrogens is 422 g/mol. The van der Waals surface area contributed by atoms with Crippen molar-refractivity contribution in [2.75, 3.05) is 50.5 Å². The third kappa shape index (κ3) is 5.88. The van der Waals surface area contributed by atoms with E-state index in [0.717, 1.165) is 91.8 Å². The van der Waals surface area contributed by atoms with Crippen molar-refractivity contribution in [3.05, 3.63) is 34.6 Å². The van der Waals surface area contributed by atoms with Crippen LogP contribution in [0, 0.1) is 6.92 Å². The van der Waals surface area contributed by atoms with Crippen LogP contribution in [0.3, 0.4) is 0 Å². The Kier molecular flexibility index (Phi) is 7.89. The first-order valence-electron chi connectivity index (χ1n) is 10.7. The summed E-state index contributed by atoms with van der Waals surface area (Å²) in [7, 11) is 0. The summed E-state index contributed by atoms with van der Waals surface area (Å²) in [6, 6.07) is 6.02. The molecule has 3 heterocycles. The monoisotopic (exact) mass is 451 g/mol. The fraction of sp³-hybridized carbons (Fsp3) is 0.619. The van der Waals surface area contributed by atoms with E-state index in [2.05, 4.69) is 25.0 Å². The number of ether oxygens (including phenoxy) is 2. The van der Waals surface area contributed by atoms with E-state index in [1.165, 1.54) is 0 Å². The third-order valence-electron chi connectivity index (χ3n) is 5.57. The van der Waals surface area contributed by atoms with Gasteiger partial charge in [-0.15, -0.1) is 10.2 Å². The summed E-state index contributed by atoms with van der Waals surface area (Å²) in [5.41, 5.74) is 2.06. The van der Waals surface area contributed by atoms with Crippen molar-refractivity contribution in [1.29, 1.82) is 0 Å². The Morgan fingerprint density at radius 1 is 1.23 bits per heavy atom. The first kappa shape index (κ1) is 21.9. The molecule has 164 valence electrons. The summed E-state index contributed by atoms with van der Waals surface area (Å²) >= 11 is 8.03. The molecule has 0 saturated carbocycles. The van der Waals surface area contributed by atoms with Crippen molar-refractivity contribution in [2.24, 2.45) is 0 Å². The largest absolute Gasteiger partial charge is 0.379 e. The summed E-state index contributed by atoms with van der Waals surface area (Å²) in [5, 5.41) is 14.2. The molecular formula is C21H30ClN5O2S. The van der Waals surface area contributed by atoms with Gasteiger partial charge in [0.25, 0.3) is 0 Å². The quantitative estimate of drug-likeness (QED) is 0.585. The molecule has 2 aliphatic heterocycles. The number of nitrogens with one attached hydrogen (secondary N) is 1. The van der Waals surface area contributed by atoms with Crippen LogP contribution in [0.2, 0.25) is 5.02 Å². The Bertz CT molecular complexity index is 822. The number of aromatic nitrogens is 3. The zero-order valence-corrected chi connectivity index (χ0v) is 19.1. The topological polar surface area (TPSA) is 64.4 Å². The van der Waals surface area contributed by atoms with Crippen LogP contribution >= 0.6 is 23.4 Å². The lowest BCUT2D eigenvalue weighted by atomic mass is 10.2. The van der Waals surface area contributed by atoms with Crippen molar-refractivity contribution in [1.82, 2.24) is 19.7 Å². The lowest BCUT2D eigenvalue weighted by molar-refractivity contribution is 0.0410. The SMILES string of the molecule is Cc1ccc(NCc2nnc(SCCN3CCOCC3)n2CC2CCCO2)cc1Cl. The molecule has 1 unspecified atom stereocenters. The fourth-order valence-electron chi connectivity index (χ4n) is 3.71. The van der Waals surface area contributed by atoms with E-state index in [1.54, 1.807) is 11.8 Å². The zero-order valence-electron chi connectivity index (χ0n) is 17.5. The van der Waals surface area contributed by atoms with Gasteiger partial charge in [-0.05, 0) is 37.5 Å². The smallest absolute Gasteiger partial charge is 0.191 e. The standard InChI is InChI=1S/C21H30ClN5O2S/c1-16-4-5-17(13-19(16)22)23-14-20-24-25-21(27(20)15-18-3-2-9-29-18)30-12-8-26-6-10-28-11-7-26/h4-5,13,18,23H,2-3,6-12,14-15H2,1H3. The molecule has 2 saturated heterocycles.